The summed E-state index contributed by atoms with van der Waals surface area (Å²) >= 11 is 1.46. The van der Waals surface area contributed by atoms with Crippen LogP contribution >= 0.6 is 11.8 Å². The molecule has 0 bridgehead atoms. The first-order valence-corrected chi connectivity index (χ1v) is 9.54. The number of halogens is 1. The summed E-state index contributed by atoms with van der Waals surface area (Å²) in [4.78, 5) is 31.3. The Labute approximate surface area is 156 Å². The lowest BCUT2D eigenvalue weighted by atomic mass is 9.94. The van der Waals surface area contributed by atoms with Gasteiger partial charge in [-0.25, -0.2) is 14.2 Å². The maximum absolute atomic E-state index is 13.9. The molecule has 0 N–H and O–H groups in total. The van der Waals surface area contributed by atoms with Crippen LogP contribution in [0, 0.1) is 11.7 Å². The van der Waals surface area contributed by atoms with Crippen LogP contribution in [-0.2, 0) is 14.3 Å². The minimum absolute atomic E-state index is 0.126. The number of hydrogen-bond donors (Lipinski definition) is 0. The molecule has 0 aromatic heterocycles. The molecule has 138 valence electrons. The zero-order valence-corrected chi connectivity index (χ0v) is 15.8. The number of amidine groups is 1. The van der Waals surface area contributed by atoms with Crippen molar-refractivity contribution in [1.29, 1.82) is 0 Å². The molecule has 1 atom stereocenters. The number of carbonyl (C=O) groups is 2. The van der Waals surface area contributed by atoms with Crippen molar-refractivity contribution < 1.29 is 18.7 Å². The third kappa shape index (κ3) is 3.67. The Bertz CT molecular complexity index is 804. The van der Waals surface area contributed by atoms with Gasteiger partial charge in [0, 0.05) is 12.2 Å². The second kappa shape index (κ2) is 7.61. The average Bonchev–Trinajstić information content (AvgIpc) is 2.58. The lowest BCUT2D eigenvalue weighted by molar-refractivity contribution is -0.141. The number of amides is 1. The van der Waals surface area contributed by atoms with E-state index in [0.29, 0.717) is 28.6 Å². The maximum atomic E-state index is 13.9. The molecule has 1 saturated heterocycles. The van der Waals surface area contributed by atoms with Crippen molar-refractivity contribution in [3.63, 3.8) is 0 Å². The first-order chi connectivity index (χ1) is 12.4. The van der Waals surface area contributed by atoms with E-state index in [1.54, 1.807) is 19.1 Å². The SMILES string of the molecule is CC1=C(C(=O)OCC(C)C)[C@H](c2cccc(F)c2)N2C(=O)CCSC2=N1. The number of rotatable bonds is 4. The topological polar surface area (TPSA) is 59.0 Å². The first-order valence-electron chi connectivity index (χ1n) is 8.55. The number of hydrogen-bond acceptors (Lipinski definition) is 5. The van der Waals surface area contributed by atoms with Gasteiger partial charge >= 0.3 is 5.97 Å². The Morgan fingerprint density at radius 2 is 2.23 bits per heavy atom. The molecule has 1 amide bonds. The van der Waals surface area contributed by atoms with Crippen LogP contribution in [0.4, 0.5) is 4.39 Å². The van der Waals surface area contributed by atoms with Crippen LogP contribution in [0.5, 0.6) is 0 Å². The van der Waals surface area contributed by atoms with Gasteiger partial charge in [-0.3, -0.25) is 9.69 Å². The van der Waals surface area contributed by atoms with Gasteiger partial charge in [0.05, 0.1) is 23.9 Å². The van der Waals surface area contributed by atoms with Crippen LogP contribution in [0.25, 0.3) is 0 Å². The Kier molecular flexibility index (Phi) is 5.46. The zero-order chi connectivity index (χ0) is 18.8. The molecule has 1 aromatic rings. The molecule has 2 aliphatic rings. The monoisotopic (exact) mass is 376 g/mol. The number of nitrogens with zero attached hydrogens (tertiary/aromatic N) is 2. The summed E-state index contributed by atoms with van der Waals surface area (Å²) in [7, 11) is 0. The molecule has 3 rings (SSSR count). The highest BCUT2D eigenvalue weighted by atomic mass is 32.2. The van der Waals surface area contributed by atoms with E-state index >= 15 is 0 Å². The molecule has 0 spiro atoms. The van der Waals surface area contributed by atoms with E-state index in [0.717, 1.165) is 0 Å². The number of esters is 1. The number of ether oxygens (including phenoxy) is 1. The van der Waals surface area contributed by atoms with E-state index < -0.39 is 17.8 Å². The van der Waals surface area contributed by atoms with Crippen molar-refractivity contribution in [2.75, 3.05) is 12.4 Å². The van der Waals surface area contributed by atoms with Gasteiger partial charge in [-0.1, -0.05) is 37.7 Å². The second-order valence-electron chi connectivity index (χ2n) is 6.71. The van der Waals surface area contributed by atoms with Gasteiger partial charge < -0.3 is 4.74 Å². The highest BCUT2D eigenvalue weighted by Crippen LogP contribution is 2.40. The van der Waals surface area contributed by atoms with E-state index in [4.69, 9.17) is 4.74 Å². The van der Waals surface area contributed by atoms with Gasteiger partial charge in [0.2, 0.25) is 5.91 Å². The summed E-state index contributed by atoms with van der Waals surface area (Å²) in [5, 5.41) is 0.549. The quantitative estimate of drug-likeness (QED) is 0.752. The number of benzene rings is 1. The Balaban J connectivity index is 2.08. The normalized spacial score (nSPS) is 20.2. The predicted molar refractivity (Wildman–Crippen MR) is 99.0 cm³/mol. The third-order valence-electron chi connectivity index (χ3n) is 4.14. The van der Waals surface area contributed by atoms with Crippen molar-refractivity contribution in [2.24, 2.45) is 10.9 Å². The number of fused-ring (bicyclic) bond motifs is 1. The van der Waals surface area contributed by atoms with E-state index in [2.05, 4.69) is 4.99 Å². The van der Waals surface area contributed by atoms with Crippen molar-refractivity contribution in [2.45, 2.75) is 33.2 Å². The standard InChI is InChI=1S/C19H21FN2O3S/c1-11(2)10-25-18(24)16-12(3)21-19-22(15(23)7-8-26-19)17(16)13-5-4-6-14(20)9-13/h4-6,9,11,17H,7-8,10H2,1-3H3/t17-/m0/s1. The number of aliphatic imine (C=N–C) groups is 1. The van der Waals surface area contributed by atoms with Crippen LogP contribution < -0.4 is 0 Å². The van der Waals surface area contributed by atoms with Gasteiger partial charge in [0.15, 0.2) is 5.17 Å². The highest BCUT2D eigenvalue weighted by molar-refractivity contribution is 8.14. The summed E-state index contributed by atoms with van der Waals surface area (Å²) in [6, 6.07) is 5.25. The zero-order valence-electron chi connectivity index (χ0n) is 15.0. The fraction of sp³-hybridized carbons (Fsp3) is 0.421. The predicted octanol–water partition coefficient (Wildman–Crippen LogP) is 3.68. The minimum Gasteiger partial charge on any atom is -0.462 e. The van der Waals surface area contributed by atoms with E-state index in [1.807, 2.05) is 13.8 Å². The molecule has 0 radical (unpaired) electrons. The first kappa shape index (κ1) is 18.6. The molecule has 0 aliphatic carbocycles. The van der Waals surface area contributed by atoms with Crippen molar-refractivity contribution >= 4 is 28.8 Å². The van der Waals surface area contributed by atoms with E-state index in [-0.39, 0.29) is 24.0 Å². The van der Waals surface area contributed by atoms with E-state index in [1.165, 1.54) is 28.8 Å². The Morgan fingerprint density at radius 1 is 1.46 bits per heavy atom. The molecular formula is C19H21FN2O3S. The molecule has 1 fully saturated rings. The molecule has 0 unspecified atom stereocenters. The average molecular weight is 376 g/mol. The number of thioether (sulfide) groups is 1. The molecule has 5 nitrogen and oxygen atoms in total. The molecule has 1 aromatic carbocycles. The summed E-state index contributed by atoms with van der Waals surface area (Å²) in [5.41, 5.74) is 1.32. The second-order valence-corrected chi connectivity index (χ2v) is 7.77. The van der Waals surface area contributed by atoms with Gasteiger partial charge in [0.25, 0.3) is 0 Å². The molecule has 26 heavy (non-hydrogen) atoms. The summed E-state index contributed by atoms with van der Waals surface area (Å²) in [6.07, 6.45) is 0.350. The van der Waals surface area contributed by atoms with Gasteiger partial charge in [0.1, 0.15) is 5.82 Å². The fourth-order valence-electron chi connectivity index (χ4n) is 2.97. The Hall–Kier alpha value is -2.15. The van der Waals surface area contributed by atoms with Gasteiger partial charge in [-0.2, -0.15) is 0 Å². The van der Waals surface area contributed by atoms with E-state index in [9.17, 15) is 14.0 Å². The minimum atomic E-state index is -0.724. The number of carbonyl (C=O) groups excluding carboxylic acids is 2. The summed E-state index contributed by atoms with van der Waals surface area (Å²) in [5.74, 6) is -0.238. The van der Waals surface area contributed by atoms with Crippen molar-refractivity contribution in [1.82, 2.24) is 4.90 Å². The molecule has 2 heterocycles. The van der Waals surface area contributed by atoms with Crippen LogP contribution in [0.2, 0.25) is 0 Å². The Morgan fingerprint density at radius 3 is 2.92 bits per heavy atom. The molecule has 7 heteroatoms. The van der Waals surface area contributed by atoms with Crippen LogP contribution in [0.1, 0.15) is 38.8 Å². The maximum Gasteiger partial charge on any atom is 0.338 e. The smallest absolute Gasteiger partial charge is 0.338 e. The van der Waals surface area contributed by atoms with Crippen LogP contribution in [-0.4, -0.2) is 34.3 Å². The molecule has 0 saturated carbocycles. The largest absolute Gasteiger partial charge is 0.462 e. The lowest BCUT2D eigenvalue weighted by Crippen LogP contribution is -2.45. The van der Waals surface area contributed by atoms with Gasteiger partial charge in [-0.15, -0.1) is 0 Å². The molecular weight excluding hydrogens is 355 g/mol. The number of allylic oxidation sites excluding steroid dienone is 1. The van der Waals surface area contributed by atoms with Crippen LogP contribution in [0.3, 0.4) is 0 Å². The van der Waals surface area contributed by atoms with Crippen molar-refractivity contribution in [3.05, 3.63) is 46.9 Å². The summed E-state index contributed by atoms with van der Waals surface area (Å²) < 4.78 is 19.3. The highest BCUT2D eigenvalue weighted by Gasteiger charge is 2.41. The third-order valence-corrected chi connectivity index (χ3v) is 5.09. The summed E-state index contributed by atoms with van der Waals surface area (Å²) in [6.45, 7) is 5.88. The molecule has 2 aliphatic heterocycles. The lowest BCUT2D eigenvalue weighted by Gasteiger charge is -2.38. The van der Waals surface area contributed by atoms with Crippen LogP contribution in [0.15, 0.2) is 40.5 Å². The van der Waals surface area contributed by atoms with Crippen molar-refractivity contribution in [3.8, 4) is 0 Å². The van der Waals surface area contributed by atoms with Gasteiger partial charge in [-0.05, 0) is 30.5 Å². The fourth-order valence-corrected chi connectivity index (χ4v) is 3.98.